The van der Waals surface area contributed by atoms with Crippen LogP contribution in [0.3, 0.4) is 0 Å². The van der Waals surface area contributed by atoms with Crippen molar-refractivity contribution in [2.75, 3.05) is 5.75 Å². The molecular formula is C17H18O4S. The summed E-state index contributed by atoms with van der Waals surface area (Å²) in [7, 11) is 0. The highest BCUT2D eigenvalue weighted by molar-refractivity contribution is 8.13. The summed E-state index contributed by atoms with van der Waals surface area (Å²) in [5.41, 5.74) is 0.581. The van der Waals surface area contributed by atoms with E-state index in [1.807, 2.05) is 30.3 Å². The molecule has 0 aliphatic rings. The van der Waals surface area contributed by atoms with Gasteiger partial charge in [0.2, 0.25) is 0 Å². The van der Waals surface area contributed by atoms with Crippen molar-refractivity contribution in [2.24, 2.45) is 0 Å². The first-order valence-electron chi connectivity index (χ1n) is 6.88. The zero-order valence-electron chi connectivity index (χ0n) is 12.2. The first-order chi connectivity index (χ1) is 10.6. The molecule has 0 saturated carbocycles. The average Bonchev–Trinajstić information content (AvgIpc) is 2.53. The molecule has 0 aliphatic carbocycles. The Bertz CT molecular complexity index is 598. The number of aliphatic hydroxyl groups excluding tert-OH is 2. The molecule has 0 fully saturated rings. The Morgan fingerprint density at radius 3 is 2.23 bits per heavy atom. The minimum absolute atomic E-state index is 0.0853. The molecule has 0 bridgehead atoms. The van der Waals surface area contributed by atoms with Crippen LogP contribution in [0.2, 0.25) is 0 Å². The minimum atomic E-state index is -1.03. The number of hydrogen-bond acceptors (Lipinski definition) is 5. The Hall–Kier alpha value is -1.82. The number of carbonyl (C=O) groups is 1. The molecule has 0 aliphatic heterocycles. The van der Waals surface area contributed by atoms with Gasteiger partial charge < -0.3 is 14.9 Å². The second-order valence-corrected chi connectivity index (χ2v) is 6.00. The second-order valence-electron chi connectivity index (χ2n) is 4.80. The van der Waals surface area contributed by atoms with Crippen molar-refractivity contribution in [3.8, 4) is 11.5 Å². The maximum atomic E-state index is 10.9. The number of aliphatic hydroxyl groups is 2. The zero-order chi connectivity index (χ0) is 15.9. The molecule has 4 nitrogen and oxygen atoms in total. The normalized spacial score (nSPS) is 13.4. The summed E-state index contributed by atoms with van der Waals surface area (Å²) in [6.07, 6.45) is -2.02. The molecule has 2 unspecified atom stereocenters. The summed E-state index contributed by atoms with van der Waals surface area (Å²) in [5, 5.41) is 19.9. The lowest BCUT2D eigenvalue weighted by Crippen LogP contribution is -2.21. The fourth-order valence-electron chi connectivity index (χ4n) is 1.87. The van der Waals surface area contributed by atoms with E-state index in [2.05, 4.69) is 0 Å². The molecule has 2 rings (SSSR count). The predicted octanol–water partition coefficient (Wildman–Crippen LogP) is 3.15. The van der Waals surface area contributed by atoms with E-state index < -0.39 is 12.2 Å². The van der Waals surface area contributed by atoms with Gasteiger partial charge in [-0.25, -0.2) is 0 Å². The SMILES string of the molecule is CC(=O)SCC(O)C(O)c1ccc(Oc2ccccc2)cc1. The van der Waals surface area contributed by atoms with Crippen LogP contribution in [0.1, 0.15) is 18.6 Å². The van der Waals surface area contributed by atoms with Crippen LogP contribution in [-0.2, 0) is 4.79 Å². The van der Waals surface area contributed by atoms with Gasteiger partial charge in [-0.3, -0.25) is 4.79 Å². The van der Waals surface area contributed by atoms with E-state index in [4.69, 9.17) is 4.74 Å². The van der Waals surface area contributed by atoms with Crippen LogP contribution in [-0.4, -0.2) is 27.2 Å². The standard InChI is InChI=1S/C17H18O4S/c1-12(18)22-11-16(19)17(20)13-7-9-15(10-8-13)21-14-5-3-2-4-6-14/h2-10,16-17,19-20H,11H2,1H3. The van der Waals surface area contributed by atoms with E-state index in [0.717, 1.165) is 17.5 Å². The maximum absolute atomic E-state index is 10.9. The van der Waals surface area contributed by atoms with Crippen LogP contribution in [0.4, 0.5) is 0 Å². The van der Waals surface area contributed by atoms with Crippen LogP contribution < -0.4 is 4.74 Å². The summed E-state index contributed by atoms with van der Waals surface area (Å²) < 4.78 is 5.66. The van der Waals surface area contributed by atoms with Gasteiger partial charge >= 0.3 is 0 Å². The van der Waals surface area contributed by atoms with Crippen molar-refractivity contribution < 1.29 is 19.7 Å². The topological polar surface area (TPSA) is 66.8 Å². The van der Waals surface area contributed by atoms with Gasteiger partial charge in [0.25, 0.3) is 0 Å². The van der Waals surface area contributed by atoms with Crippen molar-refractivity contribution in [1.82, 2.24) is 0 Å². The van der Waals surface area contributed by atoms with Crippen molar-refractivity contribution in [3.63, 3.8) is 0 Å². The van der Waals surface area contributed by atoms with Gasteiger partial charge in [-0.2, -0.15) is 0 Å². The van der Waals surface area contributed by atoms with Gasteiger partial charge in [0.05, 0.1) is 6.10 Å². The summed E-state index contributed by atoms with van der Waals surface area (Å²) in [6.45, 7) is 1.43. The third-order valence-electron chi connectivity index (χ3n) is 3.02. The van der Waals surface area contributed by atoms with Crippen LogP contribution in [0, 0.1) is 0 Å². The molecule has 0 amide bonds. The fraction of sp³-hybridized carbons (Fsp3) is 0.235. The highest BCUT2D eigenvalue weighted by Gasteiger charge is 2.19. The van der Waals surface area contributed by atoms with Gasteiger partial charge in [-0.1, -0.05) is 42.1 Å². The third-order valence-corrected chi connectivity index (χ3v) is 3.94. The lowest BCUT2D eigenvalue weighted by molar-refractivity contribution is -0.109. The van der Waals surface area contributed by atoms with Gasteiger partial charge in [0, 0.05) is 12.7 Å². The molecule has 0 heterocycles. The molecule has 2 atom stereocenters. The van der Waals surface area contributed by atoms with Crippen molar-refractivity contribution >= 4 is 16.9 Å². The summed E-state index contributed by atoms with van der Waals surface area (Å²) in [4.78, 5) is 10.9. The summed E-state index contributed by atoms with van der Waals surface area (Å²) in [6, 6.07) is 16.2. The lowest BCUT2D eigenvalue weighted by atomic mass is 10.1. The van der Waals surface area contributed by atoms with E-state index in [1.165, 1.54) is 6.92 Å². The van der Waals surface area contributed by atoms with Crippen LogP contribution in [0.25, 0.3) is 0 Å². The Kier molecular flexibility index (Phi) is 6.00. The van der Waals surface area contributed by atoms with E-state index in [9.17, 15) is 15.0 Å². The highest BCUT2D eigenvalue weighted by atomic mass is 32.2. The van der Waals surface area contributed by atoms with Gasteiger partial charge in [0.1, 0.15) is 17.6 Å². The summed E-state index contributed by atoms with van der Waals surface area (Å²) in [5.74, 6) is 1.54. The van der Waals surface area contributed by atoms with E-state index in [1.54, 1.807) is 24.3 Å². The Morgan fingerprint density at radius 2 is 1.64 bits per heavy atom. The number of thioether (sulfide) groups is 1. The molecule has 116 valence electrons. The molecule has 5 heteroatoms. The third kappa shape index (κ3) is 4.87. The number of carbonyl (C=O) groups excluding carboxylic acids is 1. The van der Waals surface area contributed by atoms with E-state index in [0.29, 0.717) is 11.3 Å². The van der Waals surface area contributed by atoms with Gasteiger partial charge in [0.15, 0.2) is 5.12 Å². The summed E-state index contributed by atoms with van der Waals surface area (Å²) >= 11 is 0.994. The van der Waals surface area contributed by atoms with Crippen molar-refractivity contribution in [2.45, 2.75) is 19.1 Å². The van der Waals surface area contributed by atoms with E-state index in [-0.39, 0.29) is 10.9 Å². The highest BCUT2D eigenvalue weighted by Crippen LogP contribution is 2.25. The number of benzene rings is 2. The second kappa shape index (κ2) is 7.98. The molecular weight excluding hydrogens is 300 g/mol. The maximum Gasteiger partial charge on any atom is 0.185 e. The largest absolute Gasteiger partial charge is 0.457 e. The zero-order valence-corrected chi connectivity index (χ0v) is 13.0. The molecule has 22 heavy (non-hydrogen) atoms. The average molecular weight is 318 g/mol. The molecule has 2 aromatic carbocycles. The van der Waals surface area contributed by atoms with Gasteiger partial charge in [-0.15, -0.1) is 0 Å². The molecule has 0 saturated heterocycles. The monoisotopic (exact) mass is 318 g/mol. The Morgan fingerprint density at radius 1 is 1.05 bits per heavy atom. The lowest BCUT2D eigenvalue weighted by Gasteiger charge is -2.17. The van der Waals surface area contributed by atoms with Crippen LogP contribution in [0.15, 0.2) is 54.6 Å². The first-order valence-corrected chi connectivity index (χ1v) is 7.87. The number of hydrogen-bond donors (Lipinski definition) is 2. The Labute approximate surface area is 133 Å². The Balaban J connectivity index is 1.97. The van der Waals surface area contributed by atoms with Crippen LogP contribution in [0.5, 0.6) is 11.5 Å². The molecule has 0 aromatic heterocycles. The smallest absolute Gasteiger partial charge is 0.185 e. The molecule has 0 spiro atoms. The van der Waals surface area contributed by atoms with Crippen molar-refractivity contribution in [1.29, 1.82) is 0 Å². The quantitative estimate of drug-likeness (QED) is 0.856. The van der Waals surface area contributed by atoms with Crippen LogP contribution >= 0.6 is 11.8 Å². The van der Waals surface area contributed by atoms with Crippen molar-refractivity contribution in [3.05, 3.63) is 60.2 Å². The fourth-order valence-corrected chi connectivity index (χ4v) is 2.46. The number of para-hydroxylation sites is 1. The number of rotatable bonds is 6. The number of ether oxygens (including phenoxy) is 1. The minimum Gasteiger partial charge on any atom is -0.457 e. The first kappa shape index (κ1) is 16.5. The predicted molar refractivity (Wildman–Crippen MR) is 87.1 cm³/mol. The van der Waals surface area contributed by atoms with E-state index >= 15 is 0 Å². The molecule has 2 N–H and O–H groups in total. The molecule has 0 radical (unpaired) electrons. The van der Waals surface area contributed by atoms with Gasteiger partial charge in [-0.05, 0) is 29.8 Å². The molecule has 2 aromatic rings.